The SMILES string of the molecule is Cc1cccc2c1c1n(c3ccccc3[n+]1C)c1cc3c4c(ccc3n21)oc1ccccc14. The third-order valence-electron chi connectivity index (χ3n) is 7.26. The van der Waals surface area contributed by atoms with E-state index in [9.17, 15) is 0 Å². The number of nitrogens with zero attached hydrogens (tertiary/aromatic N) is 3. The summed E-state index contributed by atoms with van der Waals surface area (Å²) in [5, 5.41) is 4.83. The Hall–Kier alpha value is -4.31. The highest BCUT2D eigenvalue weighted by molar-refractivity contribution is 6.20. The van der Waals surface area contributed by atoms with E-state index in [0.717, 1.165) is 22.2 Å². The first-order valence-corrected chi connectivity index (χ1v) is 11.3. The van der Waals surface area contributed by atoms with Gasteiger partial charge in [-0.1, -0.05) is 42.5 Å². The number of hydrogen-bond donors (Lipinski definition) is 0. The minimum Gasteiger partial charge on any atom is -0.456 e. The second kappa shape index (κ2) is 5.73. The fraction of sp³-hybridized carbons (Fsp3) is 0.0690. The highest BCUT2D eigenvalue weighted by atomic mass is 16.3. The van der Waals surface area contributed by atoms with Crippen molar-refractivity contribution in [1.82, 2.24) is 8.80 Å². The van der Waals surface area contributed by atoms with Crippen molar-refractivity contribution in [3.63, 3.8) is 0 Å². The van der Waals surface area contributed by atoms with Crippen LogP contribution < -0.4 is 4.57 Å². The van der Waals surface area contributed by atoms with Gasteiger partial charge in [-0.05, 0) is 48.9 Å². The normalized spacial score (nSPS) is 12.5. The highest BCUT2D eigenvalue weighted by Gasteiger charge is 2.26. The van der Waals surface area contributed by atoms with Crippen molar-refractivity contribution >= 4 is 66.1 Å². The van der Waals surface area contributed by atoms with Crippen molar-refractivity contribution in [2.24, 2.45) is 7.05 Å². The third-order valence-corrected chi connectivity index (χ3v) is 7.26. The molecule has 0 amide bonds. The molecule has 156 valence electrons. The topological polar surface area (TPSA) is 25.8 Å². The summed E-state index contributed by atoms with van der Waals surface area (Å²) in [4.78, 5) is 0. The molecule has 0 aliphatic carbocycles. The molecule has 4 heterocycles. The Kier molecular flexibility index (Phi) is 3.00. The maximum absolute atomic E-state index is 6.20. The van der Waals surface area contributed by atoms with Gasteiger partial charge in [0.1, 0.15) is 11.2 Å². The molecule has 0 atom stereocenters. The van der Waals surface area contributed by atoms with Gasteiger partial charge in [-0.25, -0.2) is 4.57 Å². The first-order chi connectivity index (χ1) is 16.2. The summed E-state index contributed by atoms with van der Waals surface area (Å²) in [7, 11) is 2.17. The van der Waals surface area contributed by atoms with Gasteiger partial charge in [-0.2, -0.15) is 4.40 Å². The average Bonchev–Trinajstić information content (AvgIpc) is 3.49. The summed E-state index contributed by atoms with van der Waals surface area (Å²) in [6.07, 6.45) is 0. The summed E-state index contributed by atoms with van der Waals surface area (Å²) in [6.45, 7) is 2.21. The van der Waals surface area contributed by atoms with Crippen LogP contribution in [0.15, 0.2) is 89.3 Å². The lowest BCUT2D eigenvalue weighted by Crippen LogP contribution is -2.27. The Bertz CT molecular complexity index is 2100. The zero-order valence-electron chi connectivity index (χ0n) is 18.3. The van der Waals surface area contributed by atoms with E-state index in [1.165, 1.54) is 49.4 Å². The van der Waals surface area contributed by atoms with Crippen LogP contribution in [-0.2, 0) is 7.05 Å². The maximum atomic E-state index is 6.20. The van der Waals surface area contributed by atoms with E-state index in [1.54, 1.807) is 0 Å². The molecule has 8 aromatic rings. The van der Waals surface area contributed by atoms with Crippen LogP contribution in [0.1, 0.15) is 5.56 Å². The number of aromatic nitrogens is 3. The number of rotatable bonds is 0. The van der Waals surface area contributed by atoms with Crippen LogP contribution in [-0.4, -0.2) is 8.80 Å². The fourth-order valence-electron chi connectivity index (χ4n) is 5.86. The van der Waals surface area contributed by atoms with Crippen LogP contribution in [0.4, 0.5) is 0 Å². The maximum Gasteiger partial charge on any atom is 0.298 e. The first kappa shape index (κ1) is 17.3. The molecule has 0 bridgehead atoms. The summed E-state index contributed by atoms with van der Waals surface area (Å²) in [5.41, 5.74) is 10.4. The third kappa shape index (κ3) is 1.95. The van der Waals surface area contributed by atoms with Crippen LogP contribution >= 0.6 is 0 Å². The van der Waals surface area contributed by atoms with Gasteiger partial charge < -0.3 is 4.42 Å². The van der Waals surface area contributed by atoms with Gasteiger partial charge in [0.05, 0.1) is 23.5 Å². The summed E-state index contributed by atoms with van der Waals surface area (Å²) >= 11 is 0. The van der Waals surface area contributed by atoms with E-state index < -0.39 is 0 Å². The van der Waals surface area contributed by atoms with Crippen LogP contribution in [0.2, 0.25) is 0 Å². The molecule has 0 spiro atoms. The Labute approximate surface area is 188 Å². The minimum atomic E-state index is 0.930. The standard InChI is InChI=1S/C29H20N3O/c1-17-8-7-12-23-27(17)29-30(2)21-10-4-5-11-22(21)32(29)26-16-19-20(31(23)26)14-15-25-28(19)18-9-3-6-13-24(18)33-25/h3-16H,1-2H3/q+1. The molecule has 0 fully saturated rings. The second-order valence-electron chi connectivity index (χ2n) is 8.98. The number of benzene rings is 4. The smallest absolute Gasteiger partial charge is 0.298 e. The average molecular weight is 426 g/mol. The molecule has 0 radical (unpaired) electrons. The van der Waals surface area contributed by atoms with Gasteiger partial charge in [-0.3, -0.25) is 4.40 Å². The van der Waals surface area contributed by atoms with Crippen LogP contribution in [0.3, 0.4) is 0 Å². The van der Waals surface area contributed by atoms with Gasteiger partial charge >= 0.3 is 0 Å². The zero-order valence-corrected chi connectivity index (χ0v) is 18.3. The van der Waals surface area contributed by atoms with Gasteiger partial charge in [0.15, 0.2) is 11.0 Å². The molecule has 0 N–H and O–H groups in total. The van der Waals surface area contributed by atoms with Crippen molar-refractivity contribution in [2.75, 3.05) is 0 Å². The largest absolute Gasteiger partial charge is 0.456 e. The Morgan fingerprint density at radius 1 is 0.667 bits per heavy atom. The van der Waals surface area contributed by atoms with Gasteiger partial charge in [0.2, 0.25) is 5.65 Å². The Morgan fingerprint density at radius 3 is 2.42 bits per heavy atom. The molecule has 0 unspecified atom stereocenters. The lowest BCUT2D eigenvalue weighted by atomic mass is 10.1. The number of furan rings is 1. The van der Waals surface area contributed by atoms with E-state index in [4.69, 9.17) is 4.42 Å². The summed E-state index contributed by atoms with van der Waals surface area (Å²) < 4.78 is 13.4. The molecule has 4 nitrogen and oxygen atoms in total. The van der Waals surface area contributed by atoms with Crippen LogP contribution in [0, 0.1) is 6.92 Å². The molecule has 4 aromatic carbocycles. The summed E-state index contributed by atoms with van der Waals surface area (Å²) in [6, 6.07) is 30.2. The van der Waals surface area contributed by atoms with Gasteiger partial charge in [-0.15, -0.1) is 0 Å². The van der Waals surface area contributed by atoms with Crippen LogP contribution in [0.5, 0.6) is 0 Å². The molecule has 0 saturated heterocycles. The minimum absolute atomic E-state index is 0.930. The van der Waals surface area contributed by atoms with Crippen molar-refractivity contribution in [3.8, 4) is 0 Å². The molecule has 0 saturated carbocycles. The van der Waals surface area contributed by atoms with Gasteiger partial charge in [0.25, 0.3) is 5.65 Å². The highest BCUT2D eigenvalue weighted by Crippen LogP contribution is 2.38. The molecular formula is C29H20N3O+. The monoisotopic (exact) mass is 426 g/mol. The van der Waals surface area contributed by atoms with Crippen LogP contribution in [0.25, 0.3) is 66.1 Å². The van der Waals surface area contributed by atoms with E-state index in [-0.39, 0.29) is 0 Å². The molecule has 4 heteroatoms. The Balaban J connectivity index is 1.77. The van der Waals surface area contributed by atoms with E-state index in [1.807, 2.05) is 12.1 Å². The predicted molar refractivity (Wildman–Crippen MR) is 134 cm³/mol. The molecule has 4 aromatic heterocycles. The van der Waals surface area contributed by atoms with Crippen molar-refractivity contribution in [1.29, 1.82) is 0 Å². The molecule has 0 aliphatic heterocycles. The Morgan fingerprint density at radius 2 is 1.48 bits per heavy atom. The number of aryl methyl sites for hydroxylation is 2. The number of para-hydroxylation sites is 3. The number of fused-ring (bicyclic) bond motifs is 14. The summed E-state index contributed by atoms with van der Waals surface area (Å²) in [5.74, 6) is 0. The molecule has 0 aliphatic rings. The lowest BCUT2D eigenvalue weighted by molar-refractivity contribution is -0.617. The van der Waals surface area contributed by atoms with E-state index >= 15 is 0 Å². The molecule has 8 rings (SSSR count). The van der Waals surface area contributed by atoms with Crippen molar-refractivity contribution < 1.29 is 8.98 Å². The van der Waals surface area contributed by atoms with Gasteiger partial charge in [0, 0.05) is 22.2 Å². The van der Waals surface area contributed by atoms with E-state index in [0.29, 0.717) is 0 Å². The molecular weight excluding hydrogens is 406 g/mol. The fourth-order valence-corrected chi connectivity index (χ4v) is 5.86. The second-order valence-corrected chi connectivity index (χ2v) is 8.98. The van der Waals surface area contributed by atoms with E-state index in [2.05, 4.69) is 100 Å². The van der Waals surface area contributed by atoms with Crippen molar-refractivity contribution in [3.05, 3.63) is 90.5 Å². The lowest BCUT2D eigenvalue weighted by Gasteiger charge is -2.07. The predicted octanol–water partition coefficient (Wildman–Crippen LogP) is 6.68. The number of imidazole rings is 1. The first-order valence-electron chi connectivity index (χ1n) is 11.3. The quantitative estimate of drug-likeness (QED) is 0.248. The zero-order chi connectivity index (χ0) is 21.8. The molecule has 33 heavy (non-hydrogen) atoms. The van der Waals surface area contributed by atoms with Crippen molar-refractivity contribution in [2.45, 2.75) is 6.92 Å². The number of hydrogen-bond acceptors (Lipinski definition) is 1.